The maximum Gasteiger partial charge on any atom is 0.305 e. The number of aromatic nitrogens is 2. The van der Waals surface area contributed by atoms with Crippen molar-refractivity contribution in [3.8, 4) is 5.69 Å². The Morgan fingerprint density at radius 1 is 1.18 bits per heavy atom. The minimum Gasteiger partial charge on any atom is -0.469 e. The van der Waals surface area contributed by atoms with Crippen molar-refractivity contribution in [2.24, 2.45) is 0 Å². The van der Waals surface area contributed by atoms with Gasteiger partial charge in [0.1, 0.15) is 0 Å². The molecule has 0 bridgehead atoms. The molecule has 2 rings (SSSR count). The van der Waals surface area contributed by atoms with E-state index in [0.29, 0.717) is 24.9 Å². The number of nitrogens with zero attached hydrogens (tertiary/aromatic N) is 3. The molecule has 0 aliphatic carbocycles. The summed E-state index contributed by atoms with van der Waals surface area (Å²) < 4.78 is 6.57. The van der Waals surface area contributed by atoms with E-state index >= 15 is 0 Å². The molecule has 7 heteroatoms. The van der Waals surface area contributed by atoms with Crippen molar-refractivity contribution in [2.45, 2.75) is 33.1 Å². The van der Waals surface area contributed by atoms with Crippen molar-refractivity contribution < 1.29 is 14.3 Å². The second kappa shape index (κ2) is 10.0. The van der Waals surface area contributed by atoms with Crippen molar-refractivity contribution in [3.63, 3.8) is 0 Å². The van der Waals surface area contributed by atoms with Crippen LogP contribution in [0, 0.1) is 13.8 Å². The fourth-order valence-electron chi connectivity index (χ4n) is 3.07. The molecular weight excluding hydrogens is 356 g/mol. The molecule has 1 N–H and O–H groups in total. The Kier molecular flexibility index (Phi) is 7.75. The van der Waals surface area contributed by atoms with Crippen molar-refractivity contribution in [1.29, 1.82) is 0 Å². The Morgan fingerprint density at radius 3 is 2.46 bits per heavy atom. The summed E-state index contributed by atoms with van der Waals surface area (Å²) in [6.45, 7) is 5.51. The molecule has 0 aliphatic rings. The molecule has 0 fully saturated rings. The lowest BCUT2D eigenvalue weighted by Gasteiger charge is -2.10. The third kappa shape index (κ3) is 5.66. The molecular formula is C21H30N4O3. The minimum atomic E-state index is -0.229. The monoisotopic (exact) mass is 386 g/mol. The lowest BCUT2D eigenvalue weighted by molar-refractivity contribution is -0.140. The predicted octanol–water partition coefficient (Wildman–Crippen LogP) is 2.28. The lowest BCUT2D eigenvalue weighted by Crippen LogP contribution is -2.27. The largest absolute Gasteiger partial charge is 0.469 e. The van der Waals surface area contributed by atoms with E-state index in [1.54, 1.807) is 12.1 Å². The van der Waals surface area contributed by atoms with Crippen LogP contribution in [-0.4, -0.2) is 60.9 Å². The second-order valence-corrected chi connectivity index (χ2v) is 7.10. The second-order valence-electron chi connectivity index (χ2n) is 7.10. The SMILES string of the molecule is COC(=O)CCc1c(C)nn(-c2ccc(C(=O)NCCCN(C)C)cc2)c1C. The van der Waals surface area contributed by atoms with Gasteiger partial charge in [0, 0.05) is 24.2 Å². The summed E-state index contributed by atoms with van der Waals surface area (Å²) in [6.07, 6.45) is 1.84. The van der Waals surface area contributed by atoms with Gasteiger partial charge >= 0.3 is 5.97 Å². The van der Waals surface area contributed by atoms with Crippen molar-refractivity contribution >= 4 is 11.9 Å². The zero-order valence-corrected chi connectivity index (χ0v) is 17.4. The summed E-state index contributed by atoms with van der Waals surface area (Å²) >= 11 is 0. The van der Waals surface area contributed by atoms with Crippen LogP contribution in [0.5, 0.6) is 0 Å². The van der Waals surface area contributed by atoms with Gasteiger partial charge in [-0.25, -0.2) is 4.68 Å². The van der Waals surface area contributed by atoms with Crippen molar-refractivity contribution in [3.05, 3.63) is 46.8 Å². The number of hydrogen-bond acceptors (Lipinski definition) is 5. The maximum atomic E-state index is 12.2. The standard InChI is InChI=1S/C21H30N4O3/c1-15-19(11-12-20(26)28-5)16(2)25(23-15)18-9-7-17(8-10-18)21(27)22-13-6-14-24(3)4/h7-10H,6,11-14H2,1-5H3,(H,22,27). The molecule has 0 aliphatic heterocycles. The van der Waals surface area contributed by atoms with E-state index in [1.807, 2.05) is 44.8 Å². The van der Waals surface area contributed by atoms with Crippen LogP contribution in [0.1, 0.15) is 40.2 Å². The first-order chi connectivity index (χ1) is 13.3. The first-order valence-corrected chi connectivity index (χ1v) is 9.48. The van der Waals surface area contributed by atoms with Crippen LogP contribution in [0.3, 0.4) is 0 Å². The van der Waals surface area contributed by atoms with E-state index in [2.05, 4.69) is 15.3 Å². The smallest absolute Gasteiger partial charge is 0.305 e. The Balaban J connectivity index is 2.05. The summed E-state index contributed by atoms with van der Waals surface area (Å²) in [5.74, 6) is -0.301. The first kappa shape index (κ1) is 21.6. The highest BCUT2D eigenvalue weighted by atomic mass is 16.5. The number of carbonyl (C=O) groups excluding carboxylic acids is 2. The van der Waals surface area contributed by atoms with E-state index in [-0.39, 0.29) is 11.9 Å². The number of ether oxygens (including phenoxy) is 1. The Morgan fingerprint density at radius 2 is 1.86 bits per heavy atom. The highest BCUT2D eigenvalue weighted by Gasteiger charge is 2.15. The summed E-state index contributed by atoms with van der Waals surface area (Å²) in [7, 11) is 5.42. The molecule has 0 spiro atoms. The number of carbonyl (C=O) groups is 2. The van der Waals surface area contributed by atoms with Gasteiger partial charge in [0.2, 0.25) is 0 Å². The third-order valence-corrected chi connectivity index (χ3v) is 4.69. The number of aryl methyl sites for hydroxylation is 1. The highest BCUT2D eigenvalue weighted by molar-refractivity contribution is 5.94. The Labute approximate surface area is 166 Å². The number of benzene rings is 1. The normalized spacial score (nSPS) is 10.9. The fraction of sp³-hybridized carbons (Fsp3) is 0.476. The Hall–Kier alpha value is -2.67. The molecule has 1 heterocycles. The number of nitrogens with one attached hydrogen (secondary N) is 1. The molecule has 7 nitrogen and oxygen atoms in total. The number of esters is 1. The van der Waals surface area contributed by atoms with Gasteiger partial charge in [-0.15, -0.1) is 0 Å². The van der Waals surface area contributed by atoms with Crippen LogP contribution < -0.4 is 5.32 Å². The summed E-state index contributed by atoms with van der Waals surface area (Å²) in [5.41, 5.74) is 4.44. The fourth-order valence-corrected chi connectivity index (χ4v) is 3.07. The van der Waals surface area contributed by atoms with Crippen LogP contribution in [0.2, 0.25) is 0 Å². The van der Waals surface area contributed by atoms with Crippen LogP contribution in [0.15, 0.2) is 24.3 Å². The molecule has 0 radical (unpaired) electrons. The van der Waals surface area contributed by atoms with Crippen LogP contribution in [0.4, 0.5) is 0 Å². The van der Waals surface area contributed by atoms with Crippen molar-refractivity contribution in [2.75, 3.05) is 34.3 Å². The number of hydrogen-bond donors (Lipinski definition) is 1. The topological polar surface area (TPSA) is 76.5 Å². The van der Waals surface area contributed by atoms with E-state index < -0.39 is 0 Å². The Bertz CT molecular complexity index is 810. The molecule has 1 aromatic heterocycles. The van der Waals surface area contributed by atoms with E-state index in [9.17, 15) is 9.59 Å². The number of amides is 1. The summed E-state index contributed by atoms with van der Waals surface area (Å²) in [5, 5.41) is 7.53. The van der Waals surface area contributed by atoms with E-state index in [4.69, 9.17) is 4.74 Å². The van der Waals surface area contributed by atoms with Gasteiger partial charge in [-0.1, -0.05) is 0 Å². The van der Waals surface area contributed by atoms with Gasteiger partial charge in [-0.05, 0) is 77.2 Å². The molecule has 0 atom stereocenters. The predicted molar refractivity (Wildman–Crippen MR) is 109 cm³/mol. The van der Waals surface area contributed by atoms with E-state index in [1.165, 1.54) is 7.11 Å². The number of methoxy groups -OCH3 is 1. The molecule has 28 heavy (non-hydrogen) atoms. The highest BCUT2D eigenvalue weighted by Crippen LogP contribution is 2.20. The van der Waals surface area contributed by atoms with Gasteiger partial charge in [0.15, 0.2) is 0 Å². The van der Waals surface area contributed by atoms with Gasteiger partial charge in [-0.3, -0.25) is 9.59 Å². The van der Waals surface area contributed by atoms with Gasteiger partial charge < -0.3 is 15.0 Å². The lowest BCUT2D eigenvalue weighted by atomic mass is 10.1. The van der Waals surface area contributed by atoms with Gasteiger partial charge in [-0.2, -0.15) is 5.10 Å². The van der Waals surface area contributed by atoms with Crippen LogP contribution in [0.25, 0.3) is 5.69 Å². The number of rotatable bonds is 9. The van der Waals surface area contributed by atoms with E-state index in [0.717, 1.165) is 35.6 Å². The minimum absolute atomic E-state index is 0.0718. The summed E-state index contributed by atoms with van der Waals surface area (Å²) in [4.78, 5) is 25.8. The quantitative estimate of drug-likeness (QED) is 0.528. The van der Waals surface area contributed by atoms with Crippen molar-refractivity contribution in [1.82, 2.24) is 20.0 Å². The molecule has 0 saturated carbocycles. The molecule has 2 aromatic rings. The molecule has 0 saturated heterocycles. The average Bonchev–Trinajstić information content (AvgIpc) is 2.96. The van der Waals surface area contributed by atoms with Gasteiger partial charge in [0.05, 0.1) is 18.5 Å². The third-order valence-electron chi connectivity index (χ3n) is 4.69. The zero-order chi connectivity index (χ0) is 20.7. The molecule has 0 unspecified atom stereocenters. The zero-order valence-electron chi connectivity index (χ0n) is 17.4. The van der Waals surface area contributed by atoms with Crippen LogP contribution in [-0.2, 0) is 16.0 Å². The summed E-state index contributed by atoms with van der Waals surface area (Å²) in [6, 6.07) is 7.39. The average molecular weight is 386 g/mol. The maximum absolute atomic E-state index is 12.2. The van der Waals surface area contributed by atoms with Crippen LogP contribution >= 0.6 is 0 Å². The molecule has 1 amide bonds. The molecule has 152 valence electrons. The first-order valence-electron chi connectivity index (χ1n) is 9.48. The molecule has 1 aromatic carbocycles. The van der Waals surface area contributed by atoms with Gasteiger partial charge in [0.25, 0.3) is 5.91 Å².